The Morgan fingerprint density at radius 2 is 1.89 bits per heavy atom. The summed E-state index contributed by atoms with van der Waals surface area (Å²) in [6.45, 7) is 5.43. The monoisotopic (exact) mass is 387 g/mol. The van der Waals surface area contributed by atoms with Crippen molar-refractivity contribution in [3.63, 3.8) is 0 Å². The Labute approximate surface area is 163 Å². The third kappa shape index (κ3) is 5.32. The van der Waals surface area contributed by atoms with Crippen molar-refractivity contribution in [3.8, 4) is 5.75 Å². The summed E-state index contributed by atoms with van der Waals surface area (Å²) >= 11 is 0. The first kappa shape index (κ1) is 19.9. The van der Waals surface area contributed by atoms with Crippen molar-refractivity contribution in [1.29, 1.82) is 0 Å². The molecule has 0 aliphatic carbocycles. The number of carbonyl (C=O) groups is 2. The number of hydrogen-bond acceptors (Lipinski definition) is 6. The topological polar surface area (TPSA) is 92.1 Å². The lowest BCUT2D eigenvalue weighted by Gasteiger charge is -2.34. The Kier molecular flexibility index (Phi) is 6.65. The van der Waals surface area contributed by atoms with Crippen LogP contribution in [0.5, 0.6) is 5.75 Å². The van der Waals surface area contributed by atoms with Gasteiger partial charge in [-0.05, 0) is 24.6 Å². The minimum absolute atomic E-state index is 0.0212. The van der Waals surface area contributed by atoms with Crippen molar-refractivity contribution in [2.24, 2.45) is 0 Å². The summed E-state index contributed by atoms with van der Waals surface area (Å²) in [6, 6.07) is 8.16. The SMILES string of the molecule is CCCNC(=O)CN1CCN(C(=O)COc2ccc3ccc(=O)oc3c2)CC1. The highest BCUT2D eigenvalue weighted by Crippen LogP contribution is 2.19. The average Bonchev–Trinajstić information content (AvgIpc) is 2.70. The molecule has 0 radical (unpaired) electrons. The molecule has 1 aliphatic heterocycles. The van der Waals surface area contributed by atoms with E-state index in [0.717, 1.165) is 11.8 Å². The lowest BCUT2D eigenvalue weighted by atomic mass is 10.2. The second-order valence-corrected chi connectivity index (χ2v) is 6.75. The van der Waals surface area contributed by atoms with Gasteiger partial charge in [-0.2, -0.15) is 0 Å². The maximum atomic E-state index is 12.4. The summed E-state index contributed by atoms with van der Waals surface area (Å²) < 4.78 is 10.7. The van der Waals surface area contributed by atoms with E-state index in [9.17, 15) is 14.4 Å². The van der Waals surface area contributed by atoms with Crippen LogP contribution in [0.25, 0.3) is 11.0 Å². The quantitative estimate of drug-likeness (QED) is 0.708. The Morgan fingerprint density at radius 3 is 2.64 bits per heavy atom. The number of nitrogens with one attached hydrogen (secondary N) is 1. The van der Waals surface area contributed by atoms with Crippen molar-refractivity contribution in [2.45, 2.75) is 13.3 Å². The molecule has 2 amide bonds. The average molecular weight is 387 g/mol. The van der Waals surface area contributed by atoms with Gasteiger partial charge in [-0.1, -0.05) is 6.92 Å². The molecule has 8 nitrogen and oxygen atoms in total. The largest absolute Gasteiger partial charge is 0.484 e. The van der Waals surface area contributed by atoms with Gasteiger partial charge in [0.15, 0.2) is 6.61 Å². The van der Waals surface area contributed by atoms with Gasteiger partial charge in [0, 0.05) is 50.2 Å². The van der Waals surface area contributed by atoms with Crippen LogP contribution in [0, 0.1) is 0 Å². The lowest BCUT2D eigenvalue weighted by molar-refractivity contribution is -0.135. The molecule has 1 aromatic heterocycles. The van der Waals surface area contributed by atoms with Crippen LogP contribution in [0.4, 0.5) is 0 Å². The lowest BCUT2D eigenvalue weighted by Crippen LogP contribution is -2.52. The molecule has 0 spiro atoms. The van der Waals surface area contributed by atoms with Gasteiger partial charge in [0.2, 0.25) is 5.91 Å². The van der Waals surface area contributed by atoms with Crippen molar-refractivity contribution in [2.75, 3.05) is 45.9 Å². The van der Waals surface area contributed by atoms with Crippen molar-refractivity contribution < 1.29 is 18.7 Å². The van der Waals surface area contributed by atoms with Gasteiger partial charge in [-0.25, -0.2) is 4.79 Å². The first-order chi connectivity index (χ1) is 13.5. The molecule has 0 unspecified atom stereocenters. The van der Waals surface area contributed by atoms with E-state index in [4.69, 9.17) is 9.15 Å². The van der Waals surface area contributed by atoms with Gasteiger partial charge >= 0.3 is 5.63 Å². The minimum Gasteiger partial charge on any atom is -0.484 e. The molecule has 8 heteroatoms. The minimum atomic E-state index is -0.429. The second-order valence-electron chi connectivity index (χ2n) is 6.75. The zero-order valence-electron chi connectivity index (χ0n) is 16.0. The molecule has 1 aliphatic rings. The van der Waals surface area contributed by atoms with Gasteiger partial charge in [-0.3, -0.25) is 14.5 Å². The second kappa shape index (κ2) is 9.36. The maximum Gasteiger partial charge on any atom is 0.336 e. The highest BCUT2D eigenvalue weighted by molar-refractivity contribution is 5.80. The first-order valence-electron chi connectivity index (χ1n) is 9.48. The molecule has 3 rings (SSSR count). The number of nitrogens with zero attached hydrogens (tertiary/aromatic N) is 2. The van der Waals surface area contributed by atoms with Gasteiger partial charge < -0.3 is 19.4 Å². The predicted octanol–water partition coefficient (Wildman–Crippen LogP) is 0.842. The van der Waals surface area contributed by atoms with Crippen LogP contribution in [0.3, 0.4) is 0 Å². The molecule has 1 saturated heterocycles. The predicted molar refractivity (Wildman–Crippen MR) is 104 cm³/mol. The molecule has 1 aromatic carbocycles. The number of ether oxygens (including phenoxy) is 1. The Hall–Kier alpha value is -2.87. The van der Waals surface area contributed by atoms with Crippen LogP contribution in [0.1, 0.15) is 13.3 Å². The summed E-state index contributed by atoms with van der Waals surface area (Å²) in [5.74, 6) is 0.388. The Bertz CT molecular complexity index is 887. The van der Waals surface area contributed by atoms with Crippen LogP contribution in [0.15, 0.2) is 39.5 Å². The third-order valence-corrected chi connectivity index (χ3v) is 4.62. The van der Waals surface area contributed by atoms with Crippen LogP contribution >= 0.6 is 0 Å². The van der Waals surface area contributed by atoms with E-state index in [2.05, 4.69) is 5.32 Å². The van der Waals surface area contributed by atoms with Crippen molar-refractivity contribution in [3.05, 3.63) is 40.8 Å². The maximum absolute atomic E-state index is 12.4. The fourth-order valence-corrected chi connectivity index (χ4v) is 3.05. The third-order valence-electron chi connectivity index (χ3n) is 4.62. The van der Waals surface area contributed by atoms with Crippen molar-refractivity contribution >= 4 is 22.8 Å². The van der Waals surface area contributed by atoms with E-state index in [1.54, 1.807) is 29.2 Å². The number of hydrogen-bond donors (Lipinski definition) is 1. The normalized spacial score (nSPS) is 14.8. The molecule has 2 aromatic rings. The van der Waals surface area contributed by atoms with E-state index >= 15 is 0 Å². The van der Waals surface area contributed by atoms with Crippen LogP contribution in [-0.4, -0.2) is 67.5 Å². The zero-order chi connectivity index (χ0) is 19.9. The molecule has 0 saturated carbocycles. The number of piperazine rings is 1. The van der Waals surface area contributed by atoms with Crippen LogP contribution < -0.4 is 15.7 Å². The fourth-order valence-electron chi connectivity index (χ4n) is 3.05. The molecule has 2 heterocycles. The highest BCUT2D eigenvalue weighted by atomic mass is 16.5. The van der Waals surface area contributed by atoms with E-state index in [0.29, 0.717) is 50.6 Å². The summed E-state index contributed by atoms with van der Waals surface area (Å²) in [5, 5.41) is 3.65. The van der Waals surface area contributed by atoms with E-state index in [-0.39, 0.29) is 18.4 Å². The molecule has 0 bridgehead atoms. The summed E-state index contributed by atoms with van der Waals surface area (Å²) in [4.78, 5) is 39.3. The highest BCUT2D eigenvalue weighted by Gasteiger charge is 2.22. The molecule has 0 atom stereocenters. The number of rotatable bonds is 7. The number of carbonyl (C=O) groups excluding carboxylic acids is 2. The van der Waals surface area contributed by atoms with Gasteiger partial charge in [0.1, 0.15) is 11.3 Å². The van der Waals surface area contributed by atoms with Crippen LogP contribution in [-0.2, 0) is 9.59 Å². The molecule has 1 fully saturated rings. The summed E-state index contributed by atoms with van der Waals surface area (Å²) in [7, 11) is 0. The van der Waals surface area contributed by atoms with Gasteiger partial charge in [-0.15, -0.1) is 0 Å². The van der Waals surface area contributed by atoms with Crippen molar-refractivity contribution in [1.82, 2.24) is 15.1 Å². The van der Waals surface area contributed by atoms with Crippen LogP contribution in [0.2, 0.25) is 0 Å². The molecule has 150 valence electrons. The van der Waals surface area contributed by atoms with Gasteiger partial charge in [0.25, 0.3) is 5.91 Å². The molecular weight excluding hydrogens is 362 g/mol. The molecule has 28 heavy (non-hydrogen) atoms. The summed E-state index contributed by atoms with van der Waals surface area (Å²) in [6.07, 6.45) is 0.914. The van der Waals surface area contributed by atoms with E-state index < -0.39 is 5.63 Å². The number of amides is 2. The molecular formula is C20H25N3O5. The van der Waals surface area contributed by atoms with E-state index in [1.807, 2.05) is 11.8 Å². The Morgan fingerprint density at radius 1 is 1.14 bits per heavy atom. The standard InChI is InChI=1S/C20H25N3O5/c1-2-7-21-18(24)13-22-8-10-23(11-9-22)19(25)14-27-16-5-3-15-4-6-20(26)28-17(15)12-16/h3-6,12H,2,7-11,13-14H2,1H3,(H,21,24). The van der Waals surface area contributed by atoms with Gasteiger partial charge in [0.05, 0.1) is 6.54 Å². The molecule has 1 N–H and O–H groups in total. The first-order valence-corrected chi connectivity index (χ1v) is 9.48. The number of benzene rings is 1. The Balaban J connectivity index is 1.46. The zero-order valence-corrected chi connectivity index (χ0v) is 16.0. The van der Waals surface area contributed by atoms with E-state index in [1.165, 1.54) is 6.07 Å². The fraction of sp³-hybridized carbons (Fsp3) is 0.450. The smallest absolute Gasteiger partial charge is 0.336 e. The number of fused-ring (bicyclic) bond motifs is 1. The summed E-state index contributed by atoms with van der Waals surface area (Å²) in [5.41, 5.74) is -0.00520.